The van der Waals surface area contributed by atoms with Crippen molar-refractivity contribution in [2.45, 2.75) is 11.7 Å². The van der Waals surface area contributed by atoms with E-state index >= 15 is 0 Å². The molecule has 1 aromatic rings. The van der Waals surface area contributed by atoms with Crippen LogP contribution in [0.3, 0.4) is 0 Å². The topological polar surface area (TPSA) is 79.4 Å². The fourth-order valence-corrected chi connectivity index (χ4v) is 1.44. The maximum absolute atomic E-state index is 12.0. The van der Waals surface area contributed by atoms with Gasteiger partial charge in [-0.15, -0.1) is 13.2 Å². The van der Waals surface area contributed by atoms with E-state index in [-0.39, 0.29) is 10.9 Å². The Morgan fingerprint density at radius 1 is 1.53 bits per heavy atom. The van der Waals surface area contributed by atoms with Crippen LogP contribution in [0.4, 0.5) is 13.2 Å². The molecule has 94 valence electrons. The van der Waals surface area contributed by atoms with Crippen molar-refractivity contribution in [3.63, 3.8) is 0 Å². The molecule has 0 saturated carbocycles. The third kappa shape index (κ3) is 3.48. The van der Waals surface area contributed by atoms with Crippen LogP contribution in [0.5, 0.6) is 5.88 Å². The number of aromatic amines is 1. The summed E-state index contributed by atoms with van der Waals surface area (Å²) in [6, 6.07) is 0.816. The summed E-state index contributed by atoms with van der Waals surface area (Å²) in [6.45, 7) is 0. The minimum atomic E-state index is -4.97. The number of pyridine rings is 1. The van der Waals surface area contributed by atoms with Crippen molar-refractivity contribution >= 4 is 21.9 Å². The van der Waals surface area contributed by atoms with E-state index in [0.717, 1.165) is 6.07 Å². The highest BCUT2D eigenvalue weighted by Crippen LogP contribution is 2.25. The lowest BCUT2D eigenvalue weighted by Crippen LogP contribution is -2.24. The number of alkyl halides is 4. The zero-order valence-corrected chi connectivity index (χ0v) is 9.55. The molecular weight excluding hydrogens is 311 g/mol. The molecule has 0 saturated heterocycles. The van der Waals surface area contributed by atoms with E-state index in [1.54, 1.807) is 4.98 Å². The van der Waals surface area contributed by atoms with Gasteiger partial charge in [0, 0.05) is 10.9 Å². The van der Waals surface area contributed by atoms with E-state index in [4.69, 9.17) is 5.11 Å². The van der Waals surface area contributed by atoms with E-state index in [1.807, 2.05) is 0 Å². The molecule has 1 rings (SSSR count). The lowest BCUT2D eigenvalue weighted by molar-refractivity contribution is -0.276. The van der Waals surface area contributed by atoms with E-state index in [2.05, 4.69) is 20.7 Å². The monoisotopic (exact) mass is 315 g/mol. The smallest absolute Gasteiger partial charge is 0.477 e. The van der Waals surface area contributed by atoms with Gasteiger partial charge in [0.15, 0.2) is 0 Å². The number of halogens is 4. The fraction of sp³-hybridized carbons (Fsp3) is 0.250. The van der Waals surface area contributed by atoms with Crippen molar-refractivity contribution < 1.29 is 27.8 Å². The van der Waals surface area contributed by atoms with Crippen LogP contribution in [0.1, 0.15) is 15.9 Å². The number of H-pyrrole nitrogens is 1. The Labute approximate surface area is 100 Å². The number of rotatable bonds is 3. The number of nitrogens with one attached hydrogen (secondary N) is 1. The van der Waals surface area contributed by atoms with Gasteiger partial charge in [0.25, 0.3) is 5.56 Å². The summed E-state index contributed by atoms with van der Waals surface area (Å²) in [6.07, 6.45) is -4.97. The molecule has 2 N–H and O–H groups in total. The van der Waals surface area contributed by atoms with Crippen LogP contribution in [0.2, 0.25) is 0 Å². The highest BCUT2D eigenvalue weighted by atomic mass is 79.9. The minimum Gasteiger partial charge on any atom is -0.477 e. The summed E-state index contributed by atoms with van der Waals surface area (Å²) in [4.78, 5) is 23.4. The Bertz CT molecular complexity index is 497. The molecule has 0 amide bonds. The van der Waals surface area contributed by atoms with Gasteiger partial charge in [0.1, 0.15) is 5.56 Å². The molecular formula is C8H5BrF3NO4. The number of aromatic nitrogens is 1. The highest BCUT2D eigenvalue weighted by Gasteiger charge is 2.33. The maximum Gasteiger partial charge on any atom is 0.574 e. The molecule has 0 unspecified atom stereocenters. The Morgan fingerprint density at radius 2 is 2.12 bits per heavy atom. The van der Waals surface area contributed by atoms with Crippen LogP contribution in [0.15, 0.2) is 10.9 Å². The van der Waals surface area contributed by atoms with Crippen molar-refractivity contribution in [1.29, 1.82) is 0 Å². The van der Waals surface area contributed by atoms with Gasteiger partial charge in [-0.25, -0.2) is 4.79 Å². The largest absolute Gasteiger partial charge is 0.574 e. The predicted molar refractivity (Wildman–Crippen MR) is 53.3 cm³/mol. The highest BCUT2D eigenvalue weighted by molar-refractivity contribution is 9.08. The fourth-order valence-electron chi connectivity index (χ4n) is 1.02. The van der Waals surface area contributed by atoms with Gasteiger partial charge >= 0.3 is 12.3 Å². The number of aromatic carboxylic acids is 1. The second-order valence-corrected chi connectivity index (χ2v) is 3.41. The van der Waals surface area contributed by atoms with Gasteiger partial charge in [-0.1, -0.05) is 15.9 Å². The predicted octanol–water partition coefficient (Wildman–Crippen LogP) is 1.87. The molecule has 0 spiro atoms. The number of hydrogen-bond acceptors (Lipinski definition) is 3. The summed E-state index contributed by atoms with van der Waals surface area (Å²) in [5.41, 5.74) is -1.95. The molecule has 0 aliphatic rings. The summed E-state index contributed by atoms with van der Waals surface area (Å²) in [7, 11) is 0. The molecule has 0 aliphatic heterocycles. The van der Waals surface area contributed by atoms with Crippen LogP contribution < -0.4 is 10.3 Å². The second-order valence-electron chi connectivity index (χ2n) is 2.85. The third-order valence-corrected chi connectivity index (χ3v) is 2.28. The molecule has 0 bridgehead atoms. The zero-order valence-electron chi connectivity index (χ0n) is 7.97. The molecule has 1 heterocycles. The number of carboxylic acid groups (broad SMARTS) is 1. The molecule has 17 heavy (non-hydrogen) atoms. The minimum absolute atomic E-state index is 0.102. The van der Waals surface area contributed by atoms with Gasteiger partial charge < -0.3 is 9.84 Å². The number of ether oxygens (including phenoxy) is 1. The number of carbonyl (C=O) groups is 1. The van der Waals surface area contributed by atoms with Crippen LogP contribution in [0, 0.1) is 0 Å². The first-order chi connectivity index (χ1) is 7.74. The molecule has 9 heteroatoms. The summed E-state index contributed by atoms with van der Waals surface area (Å²) in [5.74, 6) is -2.36. The van der Waals surface area contributed by atoms with Crippen molar-refractivity contribution in [2.75, 3.05) is 0 Å². The van der Waals surface area contributed by atoms with Crippen molar-refractivity contribution in [3.05, 3.63) is 27.5 Å². The van der Waals surface area contributed by atoms with Crippen molar-refractivity contribution in [2.24, 2.45) is 0 Å². The van der Waals surface area contributed by atoms with Gasteiger partial charge in [-0.3, -0.25) is 9.78 Å². The van der Waals surface area contributed by atoms with Gasteiger partial charge in [-0.2, -0.15) is 0 Å². The Morgan fingerprint density at radius 3 is 2.53 bits per heavy atom. The summed E-state index contributed by atoms with van der Waals surface area (Å²) < 4.78 is 39.5. The average Bonchev–Trinajstić information content (AvgIpc) is 2.14. The van der Waals surface area contributed by atoms with Gasteiger partial charge in [-0.05, 0) is 6.07 Å². The molecule has 0 atom stereocenters. The average molecular weight is 316 g/mol. The lowest BCUT2D eigenvalue weighted by Gasteiger charge is -2.11. The lowest BCUT2D eigenvalue weighted by atomic mass is 10.2. The Hall–Kier alpha value is -1.51. The first kappa shape index (κ1) is 13.6. The number of carboxylic acids is 1. The number of hydrogen-bond donors (Lipinski definition) is 2. The van der Waals surface area contributed by atoms with Crippen LogP contribution in [-0.2, 0) is 5.33 Å². The SMILES string of the molecule is O=C(O)c1cc(CBr)c(OC(F)(F)F)[nH]c1=O. The van der Waals surface area contributed by atoms with Crippen LogP contribution >= 0.6 is 15.9 Å². The van der Waals surface area contributed by atoms with Crippen LogP contribution in [0.25, 0.3) is 0 Å². The first-order valence-electron chi connectivity index (χ1n) is 4.06. The second kappa shape index (κ2) is 4.78. The molecule has 0 aliphatic carbocycles. The molecule has 1 aromatic heterocycles. The Kier molecular flexibility index (Phi) is 3.81. The third-order valence-electron chi connectivity index (χ3n) is 1.67. The van der Waals surface area contributed by atoms with E-state index in [0.29, 0.717) is 0 Å². The summed E-state index contributed by atoms with van der Waals surface area (Å²) in [5, 5.41) is 8.51. The summed E-state index contributed by atoms with van der Waals surface area (Å²) >= 11 is 2.86. The van der Waals surface area contributed by atoms with Gasteiger partial charge in [0.2, 0.25) is 5.88 Å². The molecule has 5 nitrogen and oxygen atoms in total. The first-order valence-corrected chi connectivity index (χ1v) is 5.18. The van der Waals surface area contributed by atoms with E-state index < -0.39 is 29.3 Å². The zero-order chi connectivity index (χ0) is 13.2. The standard InChI is InChI=1S/C8H5BrF3NO4/c9-2-3-1-4(7(15)16)5(14)13-6(3)17-8(10,11)12/h1H,2H2,(H,13,14)(H,15,16). The van der Waals surface area contributed by atoms with E-state index in [9.17, 15) is 22.8 Å². The normalized spacial score (nSPS) is 11.3. The maximum atomic E-state index is 12.0. The van der Waals surface area contributed by atoms with E-state index in [1.165, 1.54) is 0 Å². The van der Waals surface area contributed by atoms with Crippen molar-refractivity contribution in [1.82, 2.24) is 4.98 Å². The molecule has 0 radical (unpaired) electrons. The van der Waals surface area contributed by atoms with Crippen LogP contribution in [-0.4, -0.2) is 22.4 Å². The van der Waals surface area contributed by atoms with Gasteiger partial charge in [0.05, 0.1) is 0 Å². The molecule has 0 aromatic carbocycles. The Balaban J connectivity index is 3.29. The quantitative estimate of drug-likeness (QED) is 0.834. The molecule has 0 fully saturated rings. The van der Waals surface area contributed by atoms with Crippen molar-refractivity contribution in [3.8, 4) is 5.88 Å².